The Hall–Kier alpha value is -0.250. The van der Waals surface area contributed by atoms with Gasteiger partial charge in [0.15, 0.2) is 0 Å². The topological polar surface area (TPSA) is 43.1 Å². The van der Waals surface area contributed by atoms with Crippen molar-refractivity contribution in [1.82, 2.24) is 0 Å². The van der Waals surface area contributed by atoms with Crippen molar-refractivity contribution >= 4 is 11.9 Å². The molecule has 0 aliphatic carbocycles. The zero-order valence-corrected chi connectivity index (χ0v) is 4.20. The molecule has 0 spiro atoms. The van der Waals surface area contributed by atoms with Crippen LogP contribution in [0, 0.1) is 10.1 Å². The largest absolute Gasteiger partial charge is 0.251 e. The summed E-state index contributed by atoms with van der Waals surface area (Å²) in [5, 5.41) is 9.37. The molecular weight excluding hydrogens is 102 g/mol. The Balaban J connectivity index is 2.83. The second-order valence-electron chi connectivity index (χ2n) is 0.641. The zero-order chi connectivity index (χ0) is 4.99. The van der Waals surface area contributed by atoms with Crippen molar-refractivity contribution < 1.29 is 4.33 Å². The number of hydrogen-bond donors (Lipinski definition) is 0. The van der Waals surface area contributed by atoms with Crippen LogP contribution in [0.5, 0.6) is 0 Å². The Bertz CT molecular complexity index is 55.5. The molecule has 0 unspecified atom stereocenters. The molecule has 0 bridgehead atoms. The highest BCUT2D eigenvalue weighted by Crippen LogP contribution is 1.95. The zero-order valence-electron chi connectivity index (χ0n) is 3.38. The molecule has 0 radical (unpaired) electrons. The van der Waals surface area contributed by atoms with Gasteiger partial charge in [0.2, 0.25) is 11.9 Å². The molecule has 4 heteroatoms. The van der Waals surface area contributed by atoms with Crippen LogP contribution in [-0.4, -0.2) is 10.1 Å². The van der Waals surface area contributed by atoms with Crippen molar-refractivity contribution in [2.75, 3.05) is 5.75 Å². The third-order valence-electron chi connectivity index (χ3n) is 0.235. The van der Waals surface area contributed by atoms with Crippen LogP contribution in [0.2, 0.25) is 0 Å². The first-order valence-corrected chi connectivity index (χ1v) is 2.49. The van der Waals surface area contributed by atoms with Crippen molar-refractivity contribution in [3.63, 3.8) is 0 Å². The van der Waals surface area contributed by atoms with E-state index < -0.39 is 4.33 Å². The fourth-order valence-electron chi connectivity index (χ4n) is 0.105. The van der Waals surface area contributed by atoms with E-state index in [0.29, 0.717) is 17.7 Å². The molecule has 6 heavy (non-hydrogen) atoms. The minimum Gasteiger partial charge on any atom is -0.251 e. The summed E-state index contributed by atoms with van der Waals surface area (Å²) < 4.78 is -0.403. The van der Waals surface area contributed by atoms with E-state index in [-0.39, 0.29) is 0 Å². The maximum Gasteiger partial charge on any atom is 0.227 e. The van der Waals surface area contributed by atoms with Crippen LogP contribution in [0.15, 0.2) is 0 Å². The summed E-state index contributed by atoms with van der Waals surface area (Å²) in [4.78, 5) is 9.37. The SMILES string of the molecule is CCS[N+](=O)[O-]. The number of nitrogens with zero attached hydrogens (tertiary/aromatic N) is 1. The van der Waals surface area contributed by atoms with E-state index >= 15 is 0 Å². The fraction of sp³-hybridized carbons (Fsp3) is 1.00. The molecule has 0 N–H and O–H groups in total. The van der Waals surface area contributed by atoms with E-state index in [1.165, 1.54) is 0 Å². The molecule has 0 aromatic heterocycles. The Labute approximate surface area is 40.0 Å². The first-order chi connectivity index (χ1) is 2.77. The number of hydrogen-bond acceptors (Lipinski definition) is 3. The first-order valence-electron chi connectivity index (χ1n) is 1.54. The van der Waals surface area contributed by atoms with Gasteiger partial charge >= 0.3 is 0 Å². The third-order valence-corrected chi connectivity index (χ3v) is 0.704. The third kappa shape index (κ3) is 3.75. The molecular formula is C2H5NO2S. The molecule has 0 heterocycles. The van der Waals surface area contributed by atoms with E-state index in [1.807, 2.05) is 0 Å². The van der Waals surface area contributed by atoms with Crippen LogP contribution < -0.4 is 0 Å². The van der Waals surface area contributed by atoms with Gasteiger partial charge in [0.25, 0.3) is 0 Å². The fourth-order valence-corrected chi connectivity index (χ4v) is 0.316. The molecule has 0 amide bonds. The summed E-state index contributed by atoms with van der Waals surface area (Å²) in [6.45, 7) is 1.74. The van der Waals surface area contributed by atoms with Gasteiger partial charge in [-0.15, -0.1) is 0 Å². The smallest absolute Gasteiger partial charge is 0.227 e. The van der Waals surface area contributed by atoms with Crippen LogP contribution in [0.3, 0.4) is 0 Å². The van der Waals surface area contributed by atoms with Crippen LogP contribution in [0.4, 0.5) is 0 Å². The summed E-state index contributed by atoms with van der Waals surface area (Å²) >= 11 is 0.708. The van der Waals surface area contributed by atoms with E-state index in [9.17, 15) is 10.1 Å². The molecule has 0 saturated carbocycles. The van der Waals surface area contributed by atoms with E-state index in [0.717, 1.165) is 0 Å². The Morgan fingerprint density at radius 2 is 2.50 bits per heavy atom. The predicted molar refractivity (Wildman–Crippen MR) is 25.1 cm³/mol. The van der Waals surface area contributed by atoms with Gasteiger partial charge in [0, 0.05) is 0 Å². The van der Waals surface area contributed by atoms with Gasteiger partial charge in [-0.2, -0.15) is 0 Å². The second kappa shape index (κ2) is 2.96. The Kier molecular flexibility index (Phi) is 2.84. The lowest BCUT2D eigenvalue weighted by Crippen LogP contribution is -1.81. The van der Waals surface area contributed by atoms with Gasteiger partial charge in [0.05, 0.1) is 5.75 Å². The highest BCUT2D eigenvalue weighted by atomic mass is 32.2. The molecule has 3 nitrogen and oxygen atoms in total. The highest BCUT2D eigenvalue weighted by Gasteiger charge is 1.90. The monoisotopic (exact) mass is 107 g/mol. The minimum atomic E-state index is -0.403. The maximum absolute atomic E-state index is 9.37. The van der Waals surface area contributed by atoms with Crippen LogP contribution in [0.25, 0.3) is 0 Å². The molecule has 0 saturated heterocycles. The summed E-state index contributed by atoms with van der Waals surface area (Å²) in [6, 6.07) is 0. The molecule has 0 aromatic rings. The lowest BCUT2D eigenvalue weighted by molar-refractivity contribution is -0.284. The van der Waals surface area contributed by atoms with Crippen molar-refractivity contribution in [2.24, 2.45) is 0 Å². The van der Waals surface area contributed by atoms with Gasteiger partial charge in [-0.25, -0.2) is 0 Å². The van der Waals surface area contributed by atoms with Gasteiger partial charge < -0.3 is 0 Å². The number of rotatable bonds is 2. The van der Waals surface area contributed by atoms with Crippen molar-refractivity contribution in [3.05, 3.63) is 10.1 Å². The van der Waals surface area contributed by atoms with E-state index in [2.05, 4.69) is 0 Å². The van der Waals surface area contributed by atoms with Gasteiger partial charge in [-0.05, 0) is 6.92 Å². The van der Waals surface area contributed by atoms with E-state index in [4.69, 9.17) is 0 Å². The minimum absolute atomic E-state index is 0.403. The average molecular weight is 107 g/mol. The normalized spacial score (nSPS) is 8.17. The van der Waals surface area contributed by atoms with Crippen LogP contribution >= 0.6 is 11.9 Å². The Morgan fingerprint density at radius 3 is 2.50 bits per heavy atom. The molecule has 0 aliphatic rings. The summed E-state index contributed by atoms with van der Waals surface area (Å²) in [6.07, 6.45) is 0. The molecule has 36 valence electrons. The Morgan fingerprint density at radius 1 is 2.00 bits per heavy atom. The predicted octanol–water partition coefficient (Wildman–Crippen LogP) is 0.931. The standard InChI is InChI=1S/C2H5NO2S/c1-2-6-3(4)5/h2H2,1H3. The lowest BCUT2D eigenvalue weighted by atomic mass is 11.0. The summed E-state index contributed by atoms with van der Waals surface area (Å²) in [7, 11) is 0. The van der Waals surface area contributed by atoms with Crippen molar-refractivity contribution in [2.45, 2.75) is 6.92 Å². The summed E-state index contributed by atoms with van der Waals surface area (Å²) in [5.41, 5.74) is 0. The molecule has 0 aromatic carbocycles. The molecule has 0 fully saturated rings. The number of nitro groups is 1. The van der Waals surface area contributed by atoms with Crippen molar-refractivity contribution in [1.29, 1.82) is 0 Å². The highest BCUT2D eigenvalue weighted by molar-refractivity contribution is 7.93. The average Bonchev–Trinajstić information content (AvgIpc) is 1.35. The maximum atomic E-state index is 9.37. The van der Waals surface area contributed by atoms with E-state index in [1.54, 1.807) is 6.92 Å². The quantitative estimate of drug-likeness (QED) is 0.299. The molecule has 0 atom stereocenters. The lowest BCUT2D eigenvalue weighted by Gasteiger charge is -1.75. The van der Waals surface area contributed by atoms with Gasteiger partial charge in [0.1, 0.15) is 4.33 Å². The van der Waals surface area contributed by atoms with Crippen LogP contribution in [-0.2, 0) is 0 Å². The molecule has 0 rings (SSSR count). The van der Waals surface area contributed by atoms with Gasteiger partial charge in [-0.3, -0.25) is 10.1 Å². The second-order valence-corrected chi connectivity index (χ2v) is 1.78. The summed E-state index contributed by atoms with van der Waals surface area (Å²) in [5.74, 6) is 0.549. The molecule has 0 aliphatic heterocycles. The van der Waals surface area contributed by atoms with Crippen LogP contribution in [0.1, 0.15) is 6.92 Å². The first kappa shape index (κ1) is 5.75. The van der Waals surface area contributed by atoms with Gasteiger partial charge in [-0.1, -0.05) is 0 Å². The van der Waals surface area contributed by atoms with Crippen molar-refractivity contribution in [3.8, 4) is 0 Å².